The Morgan fingerprint density at radius 2 is 2.07 bits per heavy atom. The molecule has 1 atom stereocenters. The van der Waals surface area contributed by atoms with Gasteiger partial charge in [-0.1, -0.05) is 12.1 Å². The molecule has 1 amide bonds. The highest BCUT2D eigenvalue weighted by Gasteiger charge is 2.38. The van der Waals surface area contributed by atoms with Gasteiger partial charge in [-0.05, 0) is 25.5 Å². The molecule has 8 nitrogen and oxygen atoms in total. The number of halogens is 2. The molecule has 2 heterocycles. The van der Waals surface area contributed by atoms with Crippen molar-refractivity contribution in [2.24, 2.45) is 0 Å². The molecule has 3 rings (SSSR count). The number of aryl methyl sites for hydroxylation is 1. The van der Waals surface area contributed by atoms with Gasteiger partial charge >= 0.3 is 0 Å². The van der Waals surface area contributed by atoms with Gasteiger partial charge in [-0.3, -0.25) is 4.79 Å². The fourth-order valence-electron chi connectivity index (χ4n) is 3.16. The number of carbonyl (C=O) groups excluding carboxylic acids is 1. The fourth-order valence-corrected chi connectivity index (χ4v) is 4.69. The van der Waals surface area contributed by atoms with Crippen LogP contribution in [0.2, 0.25) is 0 Å². The van der Waals surface area contributed by atoms with E-state index in [0.29, 0.717) is 18.3 Å². The molecule has 1 aromatic heterocycles. The first-order valence-corrected chi connectivity index (χ1v) is 10.2. The molecule has 0 saturated carbocycles. The van der Waals surface area contributed by atoms with Crippen molar-refractivity contribution in [1.29, 1.82) is 0 Å². The van der Waals surface area contributed by atoms with Gasteiger partial charge in [-0.25, -0.2) is 17.2 Å². The van der Waals surface area contributed by atoms with Gasteiger partial charge in [0.2, 0.25) is 15.9 Å². The minimum absolute atomic E-state index is 0.0657. The summed E-state index contributed by atoms with van der Waals surface area (Å²) in [5, 5.41) is 3.72. The topological polar surface area (TPSA) is 96.6 Å². The summed E-state index contributed by atoms with van der Waals surface area (Å²) >= 11 is 0. The van der Waals surface area contributed by atoms with Gasteiger partial charge in [0.05, 0.1) is 0 Å². The summed E-state index contributed by atoms with van der Waals surface area (Å²) in [6.07, 6.45) is 0.570. The summed E-state index contributed by atoms with van der Waals surface area (Å²) in [6.45, 7) is 3.49. The lowest BCUT2D eigenvalue weighted by Crippen LogP contribution is -2.40. The minimum atomic E-state index is -4.26. The highest BCUT2D eigenvalue weighted by Crippen LogP contribution is 2.29. The molecule has 1 fully saturated rings. The van der Waals surface area contributed by atoms with E-state index in [0.717, 1.165) is 16.4 Å². The number of benzene rings is 1. The van der Waals surface area contributed by atoms with Gasteiger partial charge in [0.25, 0.3) is 5.89 Å². The van der Waals surface area contributed by atoms with Crippen LogP contribution in [0.5, 0.6) is 0 Å². The molecule has 0 bridgehead atoms. The average Bonchev–Trinajstić information content (AvgIpc) is 2.94. The average molecular weight is 414 g/mol. The van der Waals surface area contributed by atoms with Crippen LogP contribution < -0.4 is 0 Å². The number of sulfonamides is 1. The largest absolute Gasteiger partial charge is 0.337 e. The van der Waals surface area contributed by atoms with Crippen molar-refractivity contribution in [3.63, 3.8) is 0 Å². The molecule has 1 aliphatic rings. The normalized spacial score (nSPS) is 18.9. The van der Waals surface area contributed by atoms with Gasteiger partial charge in [0.15, 0.2) is 5.82 Å². The monoisotopic (exact) mass is 414 g/mol. The molecule has 11 heteroatoms. The first-order valence-electron chi connectivity index (χ1n) is 8.79. The molecule has 1 saturated heterocycles. The summed E-state index contributed by atoms with van der Waals surface area (Å²) in [5.74, 6) is -1.77. The smallest absolute Gasteiger partial charge is 0.250 e. The quantitative estimate of drug-likeness (QED) is 0.760. The number of hydrogen-bond donors (Lipinski definition) is 0. The van der Waals surface area contributed by atoms with Crippen molar-refractivity contribution in [2.45, 2.75) is 37.6 Å². The molecule has 1 unspecified atom stereocenters. The maximum atomic E-state index is 14.1. The Balaban J connectivity index is 1.99. The lowest BCUT2D eigenvalue weighted by molar-refractivity contribution is -0.133. The summed E-state index contributed by atoms with van der Waals surface area (Å²) in [6, 6.07) is 1.51. The van der Waals surface area contributed by atoms with Crippen molar-refractivity contribution in [3.05, 3.63) is 41.5 Å². The molecular formula is C17H20F2N4O4S. The van der Waals surface area contributed by atoms with Crippen LogP contribution in [0.15, 0.2) is 27.6 Å². The molecule has 0 N–H and O–H groups in total. The van der Waals surface area contributed by atoms with E-state index < -0.39 is 32.6 Å². The van der Waals surface area contributed by atoms with E-state index in [2.05, 4.69) is 10.1 Å². The first-order chi connectivity index (χ1) is 13.2. The Labute approximate surface area is 161 Å². The highest BCUT2D eigenvalue weighted by atomic mass is 32.2. The van der Waals surface area contributed by atoms with Crippen molar-refractivity contribution in [2.75, 3.05) is 19.6 Å². The Hall–Kier alpha value is -2.40. The molecule has 152 valence electrons. The Morgan fingerprint density at radius 3 is 2.68 bits per heavy atom. The van der Waals surface area contributed by atoms with Crippen molar-refractivity contribution >= 4 is 15.9 Å². The van der Waals surface area contributed by atoms with Gasteiger partial charge in [-0.15, -0.1) is 0 Å². The molecule has 0 aliphatic carbocycles. The Kier molecular flexibility index (Phi) is 5.75. The SMILES string of the molecule is CCC(=O)N1CCCN(S(=O)(=O)c2ccc(F)cc2F)CC1c1nc(C)no1. The third kappa shape index (κ3) is 3.90. The lowest BCUT2D eigenvalue weighted by Gasteiger charge is -2.28. The van der Waals surface area contributed by atoms with Crippen molar-refractivity contribution in [3.8, 4) is 0 Å². The molecule has 1 aliphatic heterocycles. The number of amides is 1. The van der Waals surface area contributed by atoms with Crippen molar-refractivity contribution in [1.82, 2.24) is 19.3 Å². The summed E-state index contributed by atoms with van der Waals surface area (Å²) in [5.41, 5.74) is 0. The van der Waals surface area contributed by atoms with Crippen molar-refractivity contribution < 1.29 is 26.5 Å². The van der Waals surface area contributed by atoms with E-state index in [-0.39, 0.29) is 37.9 Å². The van der Waals surface area contributed by atoms with Crippen LogP contribution in [0, 0.1) is 18.6 Å². The number of rotatable bonds is 4. The third-order valence-corrected chi connectivity index (χ3v) is 6.42. The van der Waals surface area contributed by atoms with Gasteiger partial charge in [0, 0.05) is 32.1 Å². The highest BCUT2D eigenvalue weighted by molar-refractivity contribution is 7.89. The summed E-state index contributed by atoms with van der Waals surface area (Å²) in [7, 11) is -4.26. The maximum Gasteiger partial charge on any atom is 0.250 e. The molecular weight excluding hydrogens is 394 g/mol. The van der Waals surface area contributed by atoms with E-state index in [4.69, 9.17) is 4.52 Å². The van der Waals surface area contributed by atoms with Gasteiger partial charge in [0.1, 0.15) is 22.6 Å². The van der Waals surface area contributed by atoms with E-state index in [1.54, 1.807) is 13.8 Å². The Morgan fingerprint density at radius 1 is 1.32 bits per heavy atom. The van der Waals surface area contributed by atoms with Gasteiger partial charge < -0.3 is 9.42 Å². The van der Waals surface area contributed by atoms with Crippen LogP contribution in [0.4, 0.5) is 8.78 Å². The summed E-state index contributed by atoms with van der Waals surface area (Å²) in [4.78, 5) is 17.4. The number of carbonyl (C=O) groups is 1. The van der Waals surface area contributed by atoms with Crippen LogP contribution in [0.25, 0.3) is 0 Å². The number of aromatic nitrogens is 2. The van der Waals surface area contributed by atoms with E-state index in [1.165, 1.54) is 4.90 Å². The zero-order valence-corrected chi connectivity index (χ0v) is 16.2. The lowest BCUT2D eigenvalue weighted by atomic mass is 10.2. The second kappa shape index (κ2) is 7.92. The van der Waals surface area contributed by atoms with Crippen LogP contribution in [-0.4, -0.2) is 53.3 Å². The molecule has 0 spiro atoms. The third-order valence-electron chi connectivity index (χ3n) is 4.52. The number of nitrogens with zero attached hydrogens (tertiary/aromatic N) is 4. The number of hydrogen-bond acceptors (Lipinski definition) is 6. The molecule has 28 heavy (non-hydrogen) atoms. The van der Waals surface area contributed by atoms with Gasteiger partial charge in [-0.2, -0.15) is 9.29 Å². The maximum absolute atomic E-state index is 14.1. The zero-order chi connectivity index (χ0) is 20.5. The minimum Gasteiger partial charge on any atom is -0.337 e. The fraction of sp³-hybridized carbons (Fsp3) is 0.471. The summed E-state index contributed by atoms with van der Waals surface area (Å²) < 4.78 is 59.6. The molecule has 2 aromatic rings. The zero-order valence-electron chi connectivity index (χ0n) is 15.4. The van der Waals surface area contributed by atoms with Crippen LogP contribution >= 0.6 is 0 Å². The van der Waals surface area contributed by atoms with E-state index in [1.807, 2.05) is 0 Å². The second-order valence-electron chi connectivity index (χ2n) is 6.43. The second-order valence-corrected chi connectivity index (χ2v) is 8.33. The molecule has 1 aromatic carbocycles. The van der Waals surface area contributed by atoms with Crippen LogP contribution in [-0.2, 0) is 14.8 Å². The standard InChI is InChI=1S/C17H20F2N4O4S/c1-3-16(24)23-8-4-7-22(10-14(23)17-20-11(2)21-27-17)28(25,26)15-6-5-12(18)9-13(15)19/h5-6,9,14H,3-4,7-8,10H2,1-2H3. The first kappa shape index (κ1) is 20.3. The Bertz CT molecular complexity index is 979. The van der Waals surface area contributed by atoms with E-state index >= 15 is 0 Å². The predicted octanol–water partition coefficient (Wildman–Crippen LogP) is 2.03. The van der Waals surface area contributed by atoms with Crippen LogP contribution in [0.3, 0.4) is 0 Å². The van der Waals surface area contributed by atoms with Crippen LogP contribution in [0.1, 0.15) is 37.5 Å². The molecule has 0 radical (unpaired) electrons. The van der Waals surface area contributed by atoms with E-state index in [9.17, 15) is 22.0 Å². The predicted molar refractivity (Wildman–Crippen MR) is 93.5 cm³/mol.